The molecule has 10 heteroatoms. The second-order valence-corrected chi connectivity index (χ2v) is 7.74. The number of esters is 1. The minimum absolute atomic E-state index is 0.195. The van der Waals surface area contributed by atoms with E-state index in [1.165, 1.54) is 12.0 Å². The summed E-state index contributed by atoms with van der Waals surface area (Å²) in [7, 11) is 4.59. The molecule has 0 aliphatic heterocycles. The van der Waals surface area contributed by atoms with Crippen molar-refractivity contribution in [3.05, 3.63) is 38.8 Å². The Labute approximate surface area is 168 Å². The van der Waals surface area contributed by atoms with Crippen LogP contribution in [-0.2, 0) is 4.74 Å². The molecule has 2 aromatic rings. The van der Waals surface area contributed by atoms with E-state index in [-0.39, 0.29) is 16.6 Å². The number of nitrogens with one attached hydrogen (secondary N) is 2. The summed E-state index contributed by atoms with van der Waals surface area (Å²) >= 11 is 9.75. The van der Waals surface area contributed by atoms with E-state index in [0.29, 0.717) is 21.3 Å². The lowest BCUT2D eigenvalue weighted by Crippen LogP contribution is -2.21. The van der Waals surface area contributed by atoms with Crippen LogP contribution in [0.15, 0.2) is 22.8 Å². The lowest BCUT2D eigenvalue weighted by atomic mass is 10.1. The van der Waals surface area contributed by atoms with E-state index < -0.39 is 5.97 Å². The molecule has 0 aromatic carbocycles. The number of carbonyl (C=O) groups is 2. The van der Waals surface area contributed by atoms with Crippen LogP contribution in [0, 0.1) is 6.92 Å². The maximum absolute atomic E-state index is 12.3. The molecule has 26 heavy (non-hydrogen) atoms. The van der Waals surface area contributed by atoms with Crippen LogP contribution in [0.5, 0.6) is 0 Å². The molecule has 2 heterocycles. The Kier molecular flexibility index (Phi) is 6.68. The summed E-state index contributed by atoms with van der Waals surface area (Å²) in [6.45, 7) is 1.71. The van der Waals surface area contributed by atoms with Crippen LogP contribution in [0.3, 0.4) is 0 Å². The normalized spacial score (nSPS) is 10.2. The predicted molar refractivity (Wildman–Crippen MR) is 110 cm³/mol. The Morgan fingerprint density at radius 2 is 2.00 bits per heavy atom. The monoisotopic (exact) mass is 456 g/mol. The summed E-state index contributed by atoms with van der Waals surface area (Å²) in [6, 6.07) is 3.57. The molecule has 0 fully saturated rings. The Morgan fingerprint density at radius 1 is 1.31 bits per heavy atom. The lowest BCUT2D eigenvalue weighted by Gasteiger charge is -2.10. The summed E-state index contributed by atoms with van der Waals surface area (Å²) in [5, 5.41) is 6.57. The van der Waals surface area contributed by atoms with Gasteiger partial charge in [0.05, 0.1) is 17.6 Å². The number of carbonyl (C=O) groups excluding carboxylic acids is 2. The molecule has 2 rings (SSSR count). The molecule has 0 saturated heterocycles. The van der Waals surface area contributed by atoms with E-state index >= 15 is 0 Å². The third-order valence-corrected chi connectivity index (χ3v) is 5.20. The number of halogens is 1. The number of hydrogen-bond donors (Lipinski definition) is 2. The van der Waals surface area contributed by atoms with Gasteiger partial charge < -0.3 is 20.3 Å². The molecule has 0 saturated carbocycles. The number of methoxy groups -OCH3 is 1. The second-order valence-electron chi connectivity index (χ2n) is 5.39. The molecule has 7 nitrogen and oxygen atoms in total. The smallest absolute Gasteiger partial charge is 0.341 e. The van der Waals surface area contributed by atoms with Crippen molar-refractivity contribution in [1.29, 1.82) is 0 Å². The molecule has 0 spiro atoms. The highest BCUT2D eigenvalue weighted by Gasteiger charge is 2.26. The minimum Gasteiger partial charge on any atom is -0.465 e. The van der Waals surface area contributed by atoms with E-state index in [0.717, 1.165) is 15.8 Å². The van der Waals surface area contributed by atoms with Gasteiger partial charge in [0, 0.05) is 24.8 Å². The van der Waals surface area contributed by atoms with Gasteiger partial charge in [-0.15, -0.1) is 11.3 Å². The lowest BCUT2D eigenvalue weighted by molar-refractivity contribution is 0.0601. The number of hydrogen-bond acceptors (Lipinski definition) is 6. The van der Waals surface area contributed by atoms with E-state index in [1.807, 2.05) is 6.07 Å². The SMILES string of the molecule is COC(=O)c1c(NC(=S)Nc2ccc(Br)cn2)sc(C(=O)N(C)C)c1C. The number of thiophene rings is 1. The van der Waals surface area contributed by atoms with Gasteiger partial charge in [0.25, 0.3) is 5.91 Å². The summed E-state index contributed by atoms with van der Waals surface area (Å²) in [4.78, 5) is 30.6. The first-order valence-corrected chi connectivity index (χ1v) is 9.39. The largest absolute Gasteiger partial charge is 0.465 e. The van der Waals surface area contributed by atoms with E-state index in [9.17, 15) is 9.59 Å². The molecule has 0 radical (unpaired) electrons. The van der Waals surface area contributed by atoms with Crippen molar-refractivity contribution in [3.8, 4) is 0 Å². The Morgan fingerprint density at radius 3 is 2.54 bits per heavy atom. The summed E-state index contributed by atoms with van der Waals surface area (Å²) in [5.41, 5.74) is 0.836. The molecule has 0 bridgehead atoms. The molecule has 2 aromatic heterocycles. The quantitative estimate of drug-likeness (QED) is 0.537. The van der Waals surface area contributed by atoms with E-state index in [4.69, 9.17) is 17.0 Å². The molecule has 1 amide bonds. The molecular formula is C16H17BrN4O3S2. The zero-order valence-electron chi connectivity index (χ0n) is 14.5. The fraction of sp³-hybridized carbons (Fsp3) is 0.250. The summed E-state index contributed by atoms with van der Waals surface area (Å²) < 4.78 is 5.69. The zero-order chi connectivity index (χ0) is 19.4. The standard InChI is InChI=1S/C16H17BrN4O3S2/c1-8-11(15(23)24-4)13(26-12(8)14(22)21(2)3)20-16(25)19-10-6-5-9(17)7-18-10/h5-7H,1-4H3,(H2,18,19,20,25). The highest BCUT2D eigenvalue weighted by Crippen LogP contribution is 2.34. The minimum atomic E-state index is -0.538. The first-order valence-electron chi connectivity index (χ1n) is 7.37. The Hall–Kier alpha value is -2.04. The van der Waals surface area contributed by atoms with E-state index in [1.54, 1.807) is 33.3 Å². The number of anilines is 2. The van der Waals surface area contributed by atoms with Crippen LogP contribution in [-0.4, -0.2) is 48.1 Å². The highest BCUT2D eigenvalue weighted by atomic mass is 79.9. The number of amides is 1. The molecule has 0 atom stereocenters. The maximum atomic E-state index is 12.3. The van der Waals surface area contributed by atoms with Gasteiger partial charge in [-0.2, -0.15) is 0 Å². The van der Waals surface area contributed by atoms with Crippen molar-refractivity contribution in [2.75, 3.05) is 31.8 Å². The van der Waals surface area contributed by atoms with Crippen LogP contribution in [0.4, 0.5) is 10.8 Å². The topological polar surface area (TPSA) is 83.6 Å². The fourth-order valence-corrected chi connectivity index (χ4v) is 3.78. The number of ether oxygens (including phenoxy) is 1. The second kappa shape index (κ2) is 8.56. The fourth-order valence-electron chi connectivity index (χ4n) is 2.06. The molecule has 0 unspecified atom stereocenters. The van der Waals surface area contributed by atoms with Gasteiger partial charge in [0.1, 0.15) is 10.8 Å². The third kappa shape index (κ3) is 4.57. The van der Waals surface area contributed by atoms with Crippen molar-refractivity contribution < 1.29 is 14.3 Å². The number of rotatable bonds is 4. The summed E-state index contributed by atoms with van der Waals surface area (Å²) in [5.74, 6) is -0.189. The van der Waals surface area contributed by atoms with Crippen LogP contribution < -0.4 is 10.6 Å². The van der Waals surface area contributed by atoms with Crippen molar-refractivity contribution in [2.45, 2.75) is 6.92 Å². The van der Waals surface area contributed by atoms with Gasteiger partial charge in [-0.05, 0) is 52.8 Å². The number of pyridine rings is 1. The predicted octanol–water partition coefficient (Wildman–Crippen LogP) is 3.51. The van der Waals surface area contributed by atoms with Gasteiger partial charge in [0.2, 0.25) is 0 Å². The molecule has 0 aliphatic rings. The van der Waals surface area contributed by atoms with Crippen LogP contribution >= 0.6 is 39.5 Å². The molecule has 138 valence electrons. The van der Waals surface area contributed by atoms with E-state index in [2.05, 4.69) is 31.5 Å². The van der Waals surface area contributed by atoms with Crippen molar-refractivity contribution >= 4 is 67.3 Å². The molecular weight excluding hydrogens is 440 g/mol. The Balaban J connectivity index is 2.30. The van der Waals surface area contributed by atoms with Crippen LogP contribution in [0.2, 0.25) is 0 Å². The van der Waals surface area contributed by atoms with Crippen molar-refractivity contribution in [1.82, 2.24) is 9.88 Å². The average molecular weight is 457 g/mol. The van der Waals surface area contributed by atoms with Crippen molar-refractivity contribution in [2.24, 2.45) is 0 Å². The van der Waals surface area contributed by atoms with Crippen molar-refractivity contribution in [3.63, 3.8) is 0 Å². The number of thiocarbonyl (C=S) groups is 1. The van der Waals surface area contributed by atoms with Gasteiger partial charge in [-0.1, -0.05) is 0 Å². The van der Waals surface area contributed by atoms with Crippen LogP contribution in [0.1, 0.15) is 25.6 Å². The first-order chi connectivity index (χ1) is 12.2. The maximum Gasteiger partial charge on any atom is 0.341 e. The molecule has 2 N–H and O–H groups in total. The zero-order valence-corrected chi connectivity index (χ0v) is 17.8. The molecule has 0 aliphatic carbocycles. The number of aromatic nitrogens is 1. The van der Waals surface area contributed by atoms with Gasteiger partial charge in [-0.3, -0.25) is 4.79 Å². The van der Waals surface area contributed by atoms with Gasteiger partial charge >= 0.3 is 5.97 Å². The first kappa shape index (κ1) is 20.3. The third-order valence-electron chi connectivity index (χ3n) is 3.33. The highest BCUT2D eigenvalue weighted by molar-refractivity contribution is 9.10. The summed E-state index contributed by atoms with van der Waals surface area (Å²) in [6.07, 6.45) is 1.63. The van der Waals surface area contributed by atoms with Crippen LogP contribution in [0.25, 0.3) is 0 Å². The van der Waals surface area contributed by atoms with Gasteiger partial charge in [0.15, 0.2) is 5.11 Å². The van der Waals surface area contributed by atoms with Gasteiger partial charge in [-0.25, -0.2) is 9.78 Å². The number of nitrogens with zero attached hydrogens (tertiary/aromatic N) is 2. The Bertz CT molecular complexity index is 850. The average Bonchev–Trinajstić information content (AvgIpc) is 2.91.